The van der Waals surface area contributed by atoms with Crippen LogP contribution in [0.5, 0.6) is 5.88 Å². The number of nitrogens with one attached hydrogen (secondary N) is 1. The van der Waals surface area contributed by atoms with Crippen LogP contribution in [0.3, 0.4) is 0 Å². The van der Waals surface area contributed by atoms with Gasteiger partial charge in [-0.2, -0.15) is 0 Å². The maximum atomic E-state index is 5.05. The van der Waals surface area contributed by atoms with Crippen molar-refractivity contribution >= 4 is 5.96 Å². The number of rotatable bonds is 5. The Balaban J connectivity index is 1.97. The van der Waals surface area contributed by atoms with Gasteiger partial charge in [0.2, 0.25) is 5.88 Å². The van der Waals surface area contributed by atoms with E-state index in [1.54, 1.807) is 13.3 Å². The molecule has 1 aromatic heterocycles. The highest BCUT2D eigenvalue weighted by Crippen LogP contribution is 2.07. The number of ether oxygens (including phenoxy) is 1. The number of benzene rings is 1. The van der Waals surface area contributed by atoms with Crippen molar-refractivity contribution in [3.05, 3.63) is 59.8 Å². The highest BCUT2D eigenvalue weighted by Gasteiger charge is 2.02. The van der Waals surface area contributed by atoms with Crippen molar-refractivity contribution in [2.24, 2.45) is 4.99 Å². The Morgan fingerprint density at radius 3 is 2.50 bits per heavy atom. The molecule has 0 unspecified atom stereocenters. The van der Waals surface area contributed by atoms with Crippen LogP contribution in [0.25, 0.3) is 0 Å². The molecule has 116 valence electrons. The summed E-state index contributed by atoms with van der Waals surface area (Å²) in [7, 11) is 5.56. The zero-order chi connectivity index (χ0) is 15.8. The lowest BCUT2D eigenvalue weighted by Gasteiger charge is -2.17. The number of hydrogen-bond acceptors (Lipinski definition) is 3. The van der Waals surface area contributed by atoms with Crippen LogP contribution in [0.4, 0.5) is 0 Å². The Labute approximate surface area is 131 Å². The van der Waals surface area contributed by atoms with E-state index in [2.05, 4.69) is 27.4 Å². The van der Waals surface area contributed by atoms with Gasteiger partial charge < -0.3 is 15.0 Å². The van der Waals surface area contributed by atoms with Gasteiger partial charge in [0.15, 0.2) is 5.96 Å². The Morgan fingerprint density at radius 1 is 1.14 bits per heavy atom. The highest BCUT2D eigenvalue weighted by atomic mass is 16.5. The Bertz CT molecular complexity index is 594. The van der Waals surface area contributed by atoms with Crippen LogP contribution in [0.15, 0.2) is 53.7 Å². The fourth-order valence-electron chi connectivity index (χ4n) is 1.92. The fourth-order valence-corrected chi connectivity index (χ4v) is 1.92. The SMILES string of the molecule is COc1ccc(CN=C(NCc2ccccc2)N(C)C)cn1. The Morgan fingerprint density at radius 2 is 1.91 bits per heavy atom. The monoisotopic (exact) mass is 298 g/mol. The topological polar surface area (TPSA) is 49.8 Å². The van der Waals surface area contributed by atoms with Crippen molar-refractivity contribution in [3.63, 3.8) is 0 Å². The number of aromatic nitrogens is 1. The van der Waals surface area contributed by atoms with E-state index in [0.29, 0.717) is 12.4 Å². The van der Waals surface area contributed by atoms with E-state index in [9.17, 15) is 0 Å². The lowest BCUT2D eigenvalue weighted by Crippen LogP contribution is -2.36. The maximum Gasteiger partial charge on any atom is 0.212 e. The molecule has 0 spiro atoms. The molecule has 1 aromatic carbocycles. The van der Waals surface area contributed by atoms with E-state index in [0.717, 1.165) is 18.1 Å². The van der Waals surface area contributed by atoms with E-state index in [1.807, 2.05) is 49.3 Å². The van der Waals surface area contributed by atoms with Crippen molar-refractivity contribution in [2.45, 2.75) is 13.1 Å². The minimum atomic E-state index is 0.576. The molecule has 5 nitrogen and oxygen atoms in total. The van der Waals surface area contributed by atoms with Crippen LogP contribution >= 0.6 is 0 Å². The van der Waals surface area contributed by atoms with Crippen molar-refractivity contribution in [3.8, 4) is 5.88 Å². The standard InChI is InChI=1S/C17H22N4O/c1-21(2)17(19-11-14-7-5-4-6-8-14)20-13-15-9-10-16(22-3)18-12-15/h4-10,12H,11,13H2,1-3H3,(H,19,20). The van der Waals surface area contributed by atoms with Crippen LogP contribution in [-0.4, -0.2) is 37.0 Å². The lowest BCUT2D eigenvalue weighted by atomic mass is 10.2. The summed E-state index contributed by atoms with van der Waals surface area (Å²) in [6.07, 6.45) is 1.78. The molecule has 1 N–H and O–H groups in total. The van der Waals surface area contributed by atoms with Gasteiger partial charge in [0, 0.05) is 32.9 Å². The van der Waals surface area contributed by atoms with Gasteiger partial charge in [-0.05, 0) is 11.1 Å². The van der Waals surface area contributed by atoms with E-state index in [1.165, 1.54) is 5.56 Å². The number of methoxy groups -OCH3 is 1. The van der Waals surface area contributed by atoms with Crippen molar-refractivity contribution in [2.75, 3.05) is 21.2 Å². The molecule has 0 atom stereocenters. The highest BCUT2D eigenvalue weighted by molar-refractivity contribution is 5.79. The molecule has 0 bridgehead atoms. The summed E-state index contributed by atoms with van der Waals surface area (Å²) >= 11 is 0. The number of pyridine rings is 1. The summed E-state index contributed by atoms with van der Waals surface area (Å²) in [4.78, 5) is 10.8. The molecule has 2 rings (SSSR count). The molecule has 0 aliphatic carbocycles. The van der Waals surface area contributed by atoms with Gasteiger partial charge in [0.05, 0.1) is 13.7 Å². The summed E-state index contributed by atoms with van der Waals surface area (Å²) in [5, 5.41) is 3.36. The summed E-state index contributed by atoms with van der Waals surface area (Å²) in [6, 6.07) is 14.1. The normalized spacial score (nSPS) is 11.1. The average Bonchev–Trinajstić information content (AvgIpc) is 2.56. The van der Waals surface area contributed by atoms with E-state index in [-0.39, 0.29) is 0 Å². The lowest BCUT2D eigenvalue weighted by molar-refractivity contribution is 0.397. The molecule has 0 fully saturated rings. The smallest absolute Gasteiger partial charge is 0.212 e. The maximum absolute atomic E-state index is 5.05. The van der Waals surface area contributed by atoms with Gasteiger partial charge >= 0.3 is 0 Å². The zero-order valence-electron chi connectivity index (χ0n) is 13.3. The first-order valence-corrected chi connectivity index (χ1v) is 7.17. The fraction of sp³-hybridized carbons (Fsp3) is 0.294. The minimum absolute atomic E-state index is 0.576. The van der Waals surface area contributed by atoms with E-state index in [4.69, 9.17) is 4.74 Å². The van der Waals surface area contributed by atoms with E-state index < -0.39 is 0 Å². The Kier molecular flexibility index (Phi) is 5.77. The first-order chi connectivity index (χ1) is 10.7. The summed E-state index contributed by atoms with van der Waals surface area (Å²) in [6.45, 7) is 1.32. The van der Waals surface area contributed by atoms with Gasteiger partial charge in [-0.1, -0.05) is 36.4 Å². The molecular formula is C17H22N4O. The number of aliphatic imine (C=N–C) groups is 1. The second kappa shape index (κ2) is 8.02. The van der Waals surface area contributed by atoms with Crippen molar-refractivity contribution in [1.29, 1.82) is 0 Å². The van der Waals surface area contributed by atoms with Crippen LogP contribution in [-0.2, 0) is 13.1 Å². The third kappa shape index (κ3) is 4.77. The minimum Gasteiger partial charge on any atom is -0.481 e. The molecule has 0 saturated carbocycles. The molecule has 0 amide bonds. The molecule has 5 heteroatoms. The summed E-state index contributed by atoms with van der Waals surface area (Å²) in [5.74, 6) is 1.46. The molecule has 22 heavy (non-hydrogen) atoms. The quantitative estimate of drug-likeness (QED) is 0.680. The molecule has 0 aliphatic rings. The average molecular weight is 298 g/mol. The predicted octanol–water partition coefficient (Wildman–Crippen LogP) is 2.30. The summed E-state index contributed by atoms with van der Waals surface area (Å²) in [5.41, 5.74) is 2.27. The molecular weight excluding hydrogens is 276 g/mol. The summed E-state index contributed by atoms with van der Waals surface area (Å²) < 4.78 is 5.05. The molecule has 0 aliphatic heterocycles. The van der Waals surface area contributed by atoms with Crippen LogP contribution in [0, 0.1) is 0 Å². The largest absolute Gasteiger partial charge is 0.481 e. The molecule has 1 heterocycles. The van der Waals surface area contributed by atoms with Crippen molar-refractivity contribution < 1.29 is 4.74 Å². The Hall–Kier alpha value is -2.56. The first kappa shape index (κ1) is 15.8. The third-order valence-corrected chi connectivity index (χ3v) is 3.14. The third-order valence-electron chi connectivity index (χ3n) is 3.14. The van der Waals surface area contributed by atoms with Gasteiger partial charge in [-0.15, -0.1) is 0 Å². The predicted molar refractivity (Wildman–Crippen MR) is 88.9 cm³/mol. The molecule has 0 radical (unpaired) electrons. The molecule has 2 aromatic rings. The van der Waals surface area contributed by atoms with Gasteiger partial charge in [0.25, 0.3) is 0 Å². The molecule has 0 saturated heterocycles. The second-order valence-electron chi connectivity index (χ2n) is 5.08. The number of nitrogens with zero attached hydrogens (tertiary/aromatic N) is 3. The van der Waals surface area contributed by atoms with Gasteiger partial charge in [0.1, 0.15) is 0 Å². The van der Waals surface area contributed by atoms with Crippen LogP contribution < -0.4 is 10.1 Å². The van der Waals surface area contributed by atoms with Crippen LogP contribution in [0.1, 0.15) is 11.1 Å². The van der Waals surface area contributed by atoms with Gasteiger partial charge in [-0.3, -0.25) is 0 Å². The van der Waals surface area contributed by atoms with Crippen LogP contribution in [0.2, 0.25) is 0 Å². The van der Waals surface area contributed by atoms with Gasteiger partial charge in [-0.25, -0.2) is 9.98 Å². The van der Waals surface area contributed by atoms with E-state index >= 15 is 0 Å². The number of hydrogen-bond donors (Lipinski definition) is 1. The van der Waals surface area contributed by atoms with Crippen molar-refractivity contribution in [1.82, 2.24) is 15.2 Å². The zero-order valence-corrected chi connectivity index (χ0v) is 13.3. The first-order valence-electron chi connectivity index (χ1n) is 7.17. The second-order valence-corrected chi connectivity index (χ2v) is 5.08. The number of guanidine groups is 1.